The molecule has 21 heavy (non-hydrogen) atoms. The lowest BCUT2D eigenvalue weighted by molar-refractivity contribution is -0.662. The minimum atomic E-state index is 0.471. The minimum Gasteiger partial charge on any atom is -0.232 e. The second-order valence-electron chi connectivity index (χ2n) is 5.92. The van der Waals surface area contributed by atoms with Gasteiger partial charge in [-0.2, -0.15) is 0 Å². The van der Waals surface area contributed by atoms with Crippen LogP contribution in [-0.4, -0.2) is 4.98 Å². The molecule has 3 rings (SSSR count). The van der Waals surface area contributed by atoms with Crippen molar-refractivity contribution in [2.24, 2.45) is 7.05 Å². The minimum absolute atomic E-state index is 0.471. The van der Waals surface area contributed by atoms with Crippen molar-refractivity contribution >= 4 is 10.9 Å². The van der Waals surface area contributed by atoms with E-state index in [1.54, 1.807) is 0 Å². The van der Waals surface area contributed by atoms with Gasteiger partial charge in [0.2, 0.25) is 0 Å². The molecule has 0 radical (unpaired) electrons. The lowest BCUT2D eigenvalue weighted by Gasteiger charge is -2.11. The van der Waals surface area contributed by atoms with Crippen molar-refractivity contribution in [3.05, 3.63) is 59.9 Å². The van der Waals surface area contributed by atoms with Crippen molar-refractivity contribution < 1.29 is 4.57 Å². The molecule has 0 spiro atoms. The molecule has 1 heterocycles. The first-order valence-corrected chi connectivity index (χ1v) is 7.43. The largest absolute Gasteiger partial charge is 0.287 e. The molecule has 0 saturated carbocycles. The Morgan fingerprint density at radius 3 is 2.48 bits per heavy atom. The van der Waals surface area contributed by atoms with Gasteiger partial charge in [0.15, 0.2) is 5.52 Å². The van der Waals surface area contributed by atoms with Crippen LogP contribution in [0.4, 0.5) is 0 Å². The summed E-state index contributed by atoms with van der Waals surface area (Å²) in [7, 11) is 2.07. The molecule has 2 nitrogen and oxygen atoms in total. The molecular weight excluding hydrogens is 256 g/mol. The van der Waals surface area contributed by atoms with Crippen LogP contribution >= 0.6 is 0 Å². The Morgan fingerprint density at radius 1 is 1.00 bits per heavy atom. The van der Waals surface area contributed by atoms with Gasteiger partial charge >= 0.3 is 0 Å². The first-order valence-electron chi connectivity index (χ1n) is 7.43. The van der Waals surface area contributed by atoms with E-state index in [1.165, 1.54) is 27.8 Å². The molecule has 0 amide bonds. The zero-order valence-electron chi connectivity index (χ0n) is 13.1. The number of aryl methyl sites for hydroxylation is 2. The van der Waals surface area contributed by atoms with Gasteiger partial charge in [-0.1, -0.05) is 50.2 Å². The van der Waals surface area contributed by atoms with Crippen LogP contribution in [0.15, 0.2) is 48.8 Å². The number of nitrogens with zero attached hydrogens (tertiary/aromatic N) is 2. The fourth-order valence-electron chi connectivity index (χ4n) is 2.93. The van der Waals surface area contributed by atoms with Crippen LogP contribution < -0.4 is 4.57 Å². The van der Waals surface area contributed by atoms with Gasteiger partial charge in [-0.15, -0.1) is 0 Å². The number of hydrogen-bond acceptors (Lipinski definition) is 1. The van der Waals surface area contributed by atoms with Crippen LogP contribution in [0.2, 0.25) is 0 Å². The van der Waals surface area contributed by atoms with Gasteiger partial charge in [-0.25, -0.2) is 4.57 Å². The third-order valence-electron chi connectivity index (χ3n) is 4.06. The van der Waals surface area contributed by atoms with Crippen LogP contribution in [0.3, 0.4) is 0 Å². The first kappa shape index (κ1) is 13.7. The molecule has 0 aliphatic rings. The highest BCUT2D eigenvalue weighted by Crippen LogP contribution is 2.30. The predicted octanol–water partition coefficient (Wildman–Crippen LogP) is 4.16. The number of para-hydroxylation sites is 1. The topological polar surface area (TPSA) is 16.8 Å². The summed E-state index contributed by atoms with van der Waals surface area (Å²) >= 11 is 0. The molecule has 0 saturated heterocycles. The van der Waals surface area contributed by atoms with Gasteiger partial charge < -0.3 is 0 Å². The summed E-state index contributed by atoms with van der Waals surface area (Å²) < 4.78 is 2.12. The van der Waals surface area contributed by atoms with E-state index in [0.717, 1.165) is 5.52 Å². The maximum Gasteiger partial charge on any atom is 0.287 e. The van der Waals surface area contributed by atoms with E-state index < -0.39 is 0 Å². The quantitative estimate of drug-likeness (QED) is 0.643. The predicted molar refractivity (Wildman–Crippen MR) is 87.2 cm³/mol. The van der Waals surface area contributed by atoms with Crippen molar-refractivity contribution in [2.45, 2.75) is 26.7 Å². The van der Waals surface area contributed by atoms with Gasteiger partial charge in [0.1, 0.15) is 5.69 Å². The Balaban J connectivity index is 2.40. The lowest BCUT2D eigenvalue weighted by Crippen LogP contribution is -2.32. The monoisotopic (exact) mass is 277 g/mol. The summed E-state index contributed by atoms with van der Waals surface area (Å²) in [5, 5.41) is 1.22. The standard InChI is InChI=1S/C19H21N2/c1-13(2)15-10-7-11-17-18(15)20-12-21(4)19(17)16-9-6-5-8-14(16)3/h5-13H,1-4H3/q+1. The highest BCUT2D eigenvalue weighted by molar-refractivity contribution is 5.93. The van der Waals surface area contributed by atoms with E-state index in [1.807, 2.05) is 6.33 Å². The average Bonchev–Trinajstić information content (AvgIpc) is 2.47. The Labute approximate surface area is 126 Å². The fourth-order valence-corrected chi connectivity index (χ4v) is 2.93. The molecule has 0 N–H and O–H groups in total. The normalized spacial score (nSPS) is 11.3. The van der Waals surface area contributed by atoms with E-state index in [9.17, 15) is 0 Å². The molecule has 106 valence electrons. The highest BCUT2D eigenvalue weighted by atomic mass is 15.0. The SMILES string of the molecule is Cc1ccccc1-c1c2cccc(C(C)C)c2nc[n+]1C. The molecule has 2 heteroatoms. The highest BCUT2D eigenvalue weighted by Gasteiger charge is 2.19. The van der Waals surface area contributed by atoms with E-state index in [0.29, 0.717) is 5.92 Å². The molecule has 1 aromatic heterocycles. The maximum atomic E-state index is 4.68. The van der Waals surface area contributed by atoms with E-state index in [4.69, 9.17) is 0 Å². The summed E-state index contributed by atoms with van der Waals surface area (Å²) in [5.74, 6) is 0.471. The lowest BCUT2D eigenvalue weighted by atomic mass is 9.96. The van der Waals surface area contributed by atoms with E-state index in [2.05, 4.69) is 79.8 Å². The van der Waals surface area contributed by atoms with Gasteiger partial charge in [-0.05, 0) is 29.5 Å². The smallest absolute Gasteiger partial charge is 0.232 e. The number of benzene rings is 2. The third-order valence-corrected chi connectivity index (χ3v) is 4.06. The van der Waals surface area contributed by atoms with Crippen LogP contribution in [-0.2, 0) is 7.05 Å². The summed E-state index contributed by atoms with van der Waals surface area (Å²) in [5.41, 5.74) is 6.22. The first-order chi connectivity index (χ1) is 10.1. The Kier molecular flexibility index (Phi) is 3.46. The second-order valence-corrected chi connectivity index (χ2v) is 5.92. The van der Waals surface area contributed by atoms with Crippen molar-refractivity contribution in [1.82, 2.24) is 4.98 Å². The van der Waals surface area contributed by atoms with E-state index >= 15 is 0 Å². The van der Waals surface area contributed by atoms with Gasteiger partial charge in [0.05, 0.1) is 12.4 Å². The second kappa shape index (κ2) is 5.28. The number of aromatic nitrogens is 2. The van der Waals surface area contributed by atoms with Crippen molar-refractivity contribution in [3.63, 3.8) is 0 Å². The van der Waals surface area contributed by atoms with Crippen LogP contribution in [0.5, 0.6) is 0 Å². The van der Waals surface area contributed by atoms with Crippen LogP contribution in [0, 0.1) is 6.92 Å². The van der Waals surface area contributed by atoms with Crippen molar-refractivity contribution in [2.75, 3.05) is 0 Å². The molecule has 3 aromatic rings. The molecule has 0 aliphatic heterocycles. The summed E-state index contributed by atoms with van der Waals surface area (Å²) in [6, 6.07) is 15.0. The molecule has 0 atom stereocenters. The molecule has 0 aliphatic carbocycles. The Morgan fingerprint density at radius 2 is 1.76 bits per heavy atom. The molecule has 0 unspecified atom stereocenters. The zero-order valence-corrected chi connectivity index (χ0v) is 13.1. The zero-order chi connectivity index (χ0) is 15.0. The maximum absolute atomic E-state index is 4.68. The Bertz CT molecular complexity index is 804. The van der Waals surface area contributed by atoms with Crippen LogP contribution in [0.25, 0.3) is 22.2 Å². The number of fused-ring (bicyclic) bond motifs is 1. The summed E-state index contributed by atoms with van der Waals surface area (Å²) in [4.78, 5) is 4.68. The molecule has 2 aromatic carbocycles. The Hall–Kier alpha value is -2.22. The van der Waals surface area contributed by atoms with Crippen LogP contribution in [0.1, 0.15) is 30.9 Å². The average molecular weight is 277 g/mol. The number of rotatable bonds is 2. The van der Waals surface area contributed by atoms with Gasteiger partial charge in [-0.3, -0.25) is 0 Å². The number of hydrogen-bond donors (Lipinski definition) is 0. The summed E-state index contributed by atoms with van der Waals surface area (Å²) in [6.07, 6.45) is 1.93. The van der Waals surface area contributed by atoms with Gasteiger partial charge in [0.25, 0.3) is 6.33 Å². The molecule has 0 bridgehead atoms. The fraction of sp³-hybridized carbons (Fsp3) is 0.263. The molecular formula is C19H21N2+. The van der Waals surface area contributed by atoms with Crippen molar-refractivity contribution in [3.8, 4) is 11.3 Å². The third kappa shape index (κ3) is 2.31. The summed E-state index contributed by atoms with van der Waals surface area (Å²) in [6.45, 7) is 6.60. The van der Waals surface area contributed by atoms with Gasteiger partial charge in [0, 0.05) is 11.1 Å². The van der Waals surface area contributed by atoms with Crippen molar-refractivity contribution in [1.29, 1.82) is 0 Å². The van der Waals surface area contributed by atoms with E-state index in [-0.39, 0.29) is 0 Å². The molecule has 0 fully saturated rings.